The molecule has 0 amide bonds. The molecular weight excluding hydrogens is 276 g/mol. The molecule has 3 nitrogen and oxygen atoms in total. The van der Waals surface area contributed by atoms with Gasteiger partial charge in [0.05, 0.1) is 12.2 Å². The highest BCUT2D eigenvalue weighted by Gasteiger charge is 2.63. The van der Waals surface area contributed by atoms with Crippen LogP contribution in [0.1, 0.15) is 65.2 Å². The van der Waals surface area contributed by atoms with E-state index in [1.165, 1.54) is 6.42 Å². The highest BCUT2D eigenvalue weighted by molar-refractivity contribution is 5.87. The van der Waals surface area contributed by atoms with Crippen molar-refractivity contribution < 1.29 is 15.0 Å². The minimum absolute atomic E-state index is 0.145. The van der Waals surface area contributed by atoms with Crippen LogP contribution in [0.5, 0.6) is 0 Å². The van der Waals surface area contributed by atoms with Crippen molar-refractivity contribution in [1.29, 1.82) is 0 Å². The molecule has 4 fully saturated rings. The predicted octanol–water partition coefficient (Wildman–Crippen LogP) is 2.93. The molecule has 4 rings (SSSR count). The van der Waals surface area contributed by atoms with E-state index in [2.05, 4.69) is 13.8 Å². The van der Waals surface area contributed by atoms with E-state index in [1.807, 2.05) is 0 Å². The Hall–Kier alpha value is -0.410. The number of hydrogen-bond acceptors (Lipinski definition) is 3. The van der Waals surface area contributed by atoms with Crippen molar-refractivity contribution in [3.63, 3.8) is 0 Å². The van der Waals surface area contributed by atoms with Crippen molar-refractivity contribution in [3.05, 3.63) is 0 Å². The summed E-state index contributed by atoms with van der Waals surface area (Å²) in [5.41, 5.74) is -0.105. The van der Waals surface area contributed by atoms with E-state index in [1.54, 1.807) is 0 Å². The number of fused-ring (bicyclic) bond motifs is 5. The van der Waals surface area contributed by atoms with Gasteiger partial charge in [0.15, 0.2) is 0 Å². The van der Waals surface area contributed by atoms with Gasteiger partial charge in [0.2, 0.25) is 0 Å². The molecular formula is C19H30O3. The minimum Gasteiger partial charge on any atom is -0.393 e. The molecule has 0 aromatic heterocycles. The number of carbonyl (C=O) groups is 1. The number of Topliss-reactive ketones (excluding diaryl/α,β-unsaturated/α-hetero) is 1. The Balaban J connectivity index is 1.69. The van der Waals surface area contributed by atoms with Gasteiger partial charge in [-0.15, -0.1) is 0 Å². The molecule has 22 heavy (non-hydrogen) atoms. The van der Waals surface area contributed by atoms with Crippen LogP contribution in [-0.4, -0.2) is 28.2 Å². The van der Waals surface area contributed by atoms with Crippen LogP contribution in [0.15, 0.2) is 0 Å². The SMILES string of the molecule is C[C@]12CC[C@H](O)C[C@H]1CC[C@@H]1[C@@H]2[C@@H](O)C[C@]2(C)C(=O)CC[C@@H]12. The quantitative estimate of drug-likeness (QED) is 0.723. The molecule has 0 heterocycles. The third-order valence-electron chi connectivity index (χ3n) is 8.28. The Bertz CT molecular complexity index is 489. The molecule has 2 N–H and O–H groups in total. The Kier molecular flexibility index (Phi) is 3.30. The van der Waals surface area contributed by atoms with Crippen LogP contribution in [-0.2, 0) is 4.79 Å². The van der Waals surface area contributed by atoms with Gasteiger partial charge >= 0.3 is 0 Å². The molecule has 0 saturated heterocycles. The lowest BCUT2D eigenvalue weighted by atomic mass is 9.44. The standard InChI is InChI=1S/C19H30O3/c1-18-8-7-12(20)9-11(18)3-4-13-14-5-6-16(22)19(14,2)10-15(21)17(13)18/h11-15,17,20-21H,3-10H2,1-2H3/t11-,12+,13+,14+,15+,17-,18+,19+/m1/s1. The van der Waals surface area contributed by atoms with Crippen LogP contribution in [0.25, 0.3) is 0 Å². The summed E-state index contributed by atoms with van der Waals surface area (Å²) in [5.74, 6) is 2.27. The summed E-state index contributed by atoms with van der Waals surface area (Å²) in [6.45, 7) is 4.48. The van der Waals surface area contributed by atoms with Crippen molar-refractivity contribution >= 4 is 5.78 Å². The number of hydrogen-bond donors (Lipinski definition) is 2. The minimum atomic E-state index is -0.337. The van der Waals surface area contributed by atoms with E-state index in [0.29, 0.717) is 35.9 Å². The Morgan fingerprint density at radius 3 is 2.64 bits per heavy atom. The Morgan fingerprint density at radius 1 is 1.09 bits per heavy atom. The van der Waals surface area contributed by atoms with Crippen LogP contribution in [0, 0.1) is 34.5 Å². The van der Waals surface area contributed by atoms with Gasteiger partial charge in [-0.25, -0.2) is 0 Å². The zero-order chi connectivity index (χ0) is 15.7. The Morgan fingerprint density at radius 2 is 1.86 bits per heavy atom. The predicted molar refractivity (Wildman–Crippen MR) is 84.1 cm³/mol. The maximum absolute atomic E-state index is 12.4. The highest BCUT2D eigenvalue weighted by atomic mass is 16.3. The van der Waals surface area contributed by atoms with Crippen LogP contribution >= 0.6 is 0 Å². The fourth-order valence-corrected chi connectivity index (χ4v) is 7.13. The first-order valence-corrected chi connectivity index (χ1v) is 9.25. The first-order valence-electron chi connectivity index (χ1n) is 9.25. The second kappa shape index (κ2) is 4.80. The molecule has 4 aliphatic rings. The van der Waals surface area contributed by atoms with Gasteiger partial charge in [0, 0.05) is 11.8 Å². The lowest BCUT2D eigenvalue weighted by molar-refractivity contribution is -0.175. The van der Waals surface area contributed by atoms with Gasteiger partial charge in [-0.05, 0) is 74.0 Å². The zero-order valence-electron chi connectivity index (χ0n) is 13.9. The maximum Gasteiger partial charge on any atom is 0.139 e. The summed E-state index contributed by atoms with van der Waals surface area (Å²) in [6.07, 6.45) is 7.08. The van der Waals surface area contributed by atoms with E-state index in [-0.39, 0.29) is 23.0 Å². The van der Waals surface area contributed by atoms with Gasteiger partial charge in [-0.2, -0.15) is 0 Å². The summed E-state index contributed by atoms with van der Waals surface area (Å²) in [4.78, 5) is 12.4. The van der Waals surface area contributed by atoms with E-state index >= 15 is 0 Å². The molecule has 124 valence electrons. The molecule has 8 atom stereocenters. The van der Waals surface area contributed by atoms with Crippen LogP contribution < -0.4 is 0 Å². The van der Waals surface area contributed by atoms with Gasteiger partial charge in [-0.1, -0.05) is 13.8 Å². The van der Waals surface area contributed by atoms with Crippen molar-refractivity contribution in [2.45, 2.75) is 77.4 Å². The molecule has 0 unspecified atom stereocenters. The van der Waals surface area contributed by atoms with E-state index < -0.39 is 0 Å². The number of ketones is 1. The third kappa shape index (κ3) is 1.84. The van der Waals surface area contributed by atoms with Gasteiger partial charge in [-0.3, -0.25) is 4.79 Å². The van der Waals surface area contributed by atoms with Crippen molar-refractivity contribution in [3.8, 4) is 0 Å². The normalized spacial score (nSPS) is 57.9. The maximum atomic E-state index is 12.4. The van der Waals surface area contributed by atoms with Crippen LogP contribution in [0.4, 0.5) is 0 Å². The topological polar surface area (TPSA) is 57.5 Å². The second-order valence-corrected chi connectivity index (χ2v) is 9.16. The average molecular weight is 306 g/mol. The molecule has 0 spiro atoms. The molecule has 0 bridgehead atoms. The summed E-state index contributed by atoms with van der Waals surface area (Å²) in [7, 11) is 0. The molecule has 0 aromatic carbocycles. The number of carbonyl (C=O) groups excluding carboxylic acids is 1. The smallest absolute Gasteiger partial charge is 0.139 e. The summed E-state index contributed by atoms with van der Waals surface area (Å²) in [5, 5.41) is 21.0. The van der Waals surface area contributed by atoms with Crippen molar-refractivity contribution in [2.24, 2.45) is 34.5 Å². The summed E-state index contributed by atoms with van der Waals surface area (Å²) < 4.78 is 0. The molecule has 3 heteroatoms. The first kappa shape index (κ1) is 15.1. The third-order valence-corrected chi connectivity index (χ3v) is 8.28. The van der Waals surface area contributed by atoms with Crippen LogP contribution in [0.2, 0.25) is 0 Å². The molecule has 0 radical (unpaired) electrons. The van der Waals surface area contributed by atoms with E-state index in [4.69, 9.17) is 0 Å². The zero-order valence-corrected chi connectivity index (χ0v) is 13.9. The fraction of sp³-hybridized carbons (Fsp3) is 0.947. The van der Waals surface area contributed by atoms with E-state index in [9.17, 15) is 15.0 Å². The van der Waals surface area contributed by atoms with Crippen molar-refractivity contribution in [2.75, 3.05) is 0 Å². The van der Waals surface area contributed by atoms with Gasteiger partial charge in [0.25, 0.3) is 0 Å². The van der Waals surface area contributed by atoms with Gasteiger partial charge < -0.3 is 10.2 Å². The average Bonchev–Trinajstić information content (AvgIpc) is 2.75. The number of aliphatic hydroxyl groups excluding tert-OH is 2. The van der Waals surface area contributed by atoms with Crippen molar-refractivity contribution in [1.82, 2.24) is 0 Å². The van der Waals surface area contributed by atoms with Gasteiger partial charge in [0.1, 0.15) is 5.78 Å². The first-order chi connectivity index (χ1) is 10.4. The molecule has 4 aliphatic carbocycles. The van der Waals surface area contributed by atoms with E-state index in [0.717, 1.165) is 38.5 Å². The number of aliphatic hydroxyl groups is 2. The largest absolute Gasteiger partial charge is 0.393 e. The lowest BCUT2D eigenvalue weighted by Crippen LogP contribution is -2.59. The highest BCUT2D eigenvalue weighted by Crippen LogP contribution is 2.65. The molecule has 0 aromatic rings. The monoisotopic (exact) mass is 306 g/mol. The second-order valence-electron chi connectivity index (χ2n) is 9.16. The van der Waals surface area contributed by atoms with Crippen LogP contribution in [0.3, 0.4) is 0 Å². The summed E-state index contributed by atoms with van der Waals surface area (Å²) >= 11 is 0. The Labute approximate surface area is 133 Å². The fourth-order valence-electron chi connectivity index (χ4n) is 7.13. The molecule has 4 saturated carbocycles. The summed E-state index contributed by atoms with van der Waals surface area (Å²) in [6, 6.07) is 0. The molecule has 0 aliphatic heterocycles. The lowest BCUT2D eigenvalue weighted by Gasteiger charge is -2.61. The number of rotatable bonds is 0.